The third-order valence-electron chi connectivity index (χ3n) is 2.80. The number of methoxy groups -OCH3 is 1. The highest BCUT2D eigenvalue weighted by molar-refractivity contribution is 7.80. The lowest BCUT2D eigenvalue weighted by atomic mass is 10.1. The largest absolute Gasteiger partial charge is 0.389 e. The zero-order chi connectivity index (χ0) is 13.5. The number of nitrogens with zero attached hydrogens (tertiary/aromatic N) is 1. The van der Waals surface area contributed by atoms with E-state index in [1.165, 1.54) is 0 Å². The van der Waals surface area contributed by atoms with Crippen LogP contribution in [0.1, 0.15) is 18.1 Å². The number of rotatable bonds is 7. The number of benzene rings is 1. The summed E-state index contributed by atoms with van der Waals surface area (Å²) in [7, 11) is 1.65. The van der Waals surface area contributed by atoms with E-state index in [0.717, 1.165) is 13.1 Å². The van der Waals surface area contributed by atoms with Crippen molar-refractivity contribution in [1.29, 1.82) is 0 Å². The number of ether oxygens (including phenoxy) is 1. The maximum Gasteiger partial charge on any atom is 0.137 e. The highest BCUT2D eigenvalue weighted by atomic mass is 32.1. The first kappa shape index (κ1) is 15.0. The second-order valence-electron chi connectivity index (χ2n) is 4.00. The molecule has 0 heterocycles. The molecule has 1 aromatic carbocycles. The first-order valence-corrected chi connectivity index (χ1v) is 6.29. The van der Waals surface area contributed by atoms with Gasteiger partial charge in [-0.25, -0.2) is 4.39 Å². The van der Waals surface area contributed by atoms with E-state index in [1.54, 1.807) is 25.3 Å². The van der Waals surface area contributed by atoms with Crippen LogP contribution in [0.25, 0.3) is 0 Å². The van der Waals surface area contributed by atoms with Gasteiger partial charge in [0.25, 0.3) is 0 Å². The SMILES string of the molecule is CCN(CCOC)Cc1cccc(C(N)=S)c1F. The number of halogens is 1. The van der Waals surface area contributed by atoms with Crippen molar-refractivity contribution in [2.75, 3.05) is 26.8 Å². The molecule has 0 fully saturated rings. The normalized spacial score (nSPS) is 10.9. The predicted octanol–water partition coefficient (Wildman–Crippen LogP) is 1.93. The molecule has 5 heteroatoms. The third kappa shape index (κ3) is 4.01. The second-order valence-corrected chi connectivity index (χ2v) is 4.44. The van der Waals surface area contributed by atoms with Crippen LogP contribution in [0.2, 0.25) is 0 Å². The summed E-state index contributed by atoms with van der Waals surface area (Å²) in [5.74, 6) is -0.319. The van der Waals surface area contributed by atoms with Crippen LogP contribution in [0.5, 0.6) is 0 Å². The molecule has 0 radical (unpaired) electrons. The summed E-state index contributed by atoms with van der Waals surface area (Å²) in [6.07, 6.45) is 0. The van der Waals surface area contributed by atoms with Crippen molar-refractivity contribution in [1.82, 2.24) is 4.90 Å². The molecule has 0 aliphatic rings. The van der Waals surface area contributed by atoms with Gasteiger partial charge in [-0.2, -0.15) is 0 Å². The van der Waals surface area contributed by atoms with Crippen LogP contribution < -0.4 is 5.73 Å². The molecule has 0 atom stereocenters. The first-order valence-electron chi connectivity index (χ1n) is 5.88. The molecule has 3 nitrogen and oxygen atoms in total. The maximum absolute atomic E-state index is 14.1. The molecule has 100 valence electrons. The molecule has 1 aromatic rings. The van der Waals surface area contributed by atoms with Gasteiger partial charge in [0.05, 0.1) is 6.61 Å². The van der Waals surface area contributed by atoms with Crippen molar-refractivity contribution in [2.45, 2.75) is 13.5 Å². The molecular formula is C13H19FN2OS. The Bertz CT molecular complexity index is 412. The van der Waals surface area contributed by atoms with E-state index in [9.17, 15) is 4.39 Å². The van der Waals surface area contributed by atoms with Crippen LogP contribution in [0.15, 0.2) is 18.2 Å². The topological polar surface area (TPSA) is 38.5 Å². The van der Waals surface area contributed by atoms with Crippen molar-refractivity contribution in [3.8, 4) is 0 Å². The monoisotopic (exact) mass is 270 g/mol. The summed E-state index contributed by atoms with van der Waals surface area (Å²) in [5.41, 5.74) is 6.40. The van der Waals surface area contributed by atoms with E-state index in [-0.39, 0.29) is 10.8 Å². The molecule has 0 saturated heterocycles. The predicted molar refractivity (Wildman–Crippen MR) is 75.1 cm³/mol. The van der Waals surface area contributed by atoms with Gasteiger partial charge in [-0.15, -0.1) is 0 Å². The molecule has 0 aliphatic heterocycles. The van der Waals surface area contributed by atoms with Gasteiger partial charge in [-0.05, 0) is 12.6 Å². The van der Waals surface area contributed by atoms with Gasteiger partial charge in [0, 0.05) is 31.3 Å². The Morgan fingerprint density at radius 3 is 2.78 bits per heavy atom. The van der Waals surface area contributed by atoms with Crippen molar-refractivity contribution in [3.63, 3.8) is 0 Å². The van der Waals surface area contributed by atoms with Gasteiger partial charge in [-0.3, -0.25) is 4.90 Å². The minimum absolute atomic E-state index is 0.0919. The Labute approximate surface area is 113 Å². The van der Waals surface area contributed by atoms with Crippen LogP contribution in [0.4, 0.5) is 4.39 Å². The van der Waals surface area contributed by atoms with Crippen molar-refractivity contribution in [3.05, 3.63) is 35.1 Å². The van der Waals surface area contributed by atoms with Gasteiger partial charge in [0.15, 0.2) is 0 Å². The lowest BCUT2D eigenvalue weighted by Crippen LogP contribution is -2.27. The lowest BCUT2D eigenvalue weighted by Gasteiger charge is -2.20. The molecule has 0 unspecified atom stereocenters. The molecule has 0 aliphatic carbocycles. The molecular weight excluding hydrogens is 251 g/mol. The first-order chi connectivity index (χ1) is 8.60. The smallest absolute Gasteiger partial charge is 0.137 e. The third-order valence-corrected chi connectivity index (χ3v) is 3.02. The summed E-state index contributed by atoms with van der Waals surface area (Å²) < 4.78 is 19.1. The van der Waals surface area contributed by atoms with E-state index in [0.29, 0.717) is 24.3 Å². The number of hydrogen-bond acceptors (Lipinski definition) is 3. The molecule has 1 rings (SSSR count). The maximum atomic E-state index is 14.1. The Morgan fingerprint density at radius 2 is 2.22 bits per heavy atom. The Hall–Kier alpha value is -1.04. The fraction of sp³-hybridized carbons (Fsp3) is 0.462. The average Bonchev–Trinajstić information content (AvgIpc) is 2.36. The molecule has 0 bridgehead atoms. The van der Waals surface area contributed by atoms with Crippen LogP contribution in [0, 0.1) is 5.82 Å². The number of thiocarbonyl (C=S) groups is 1. The molecule has 0 aromatic heterocycles. The lowest BCUT2D eigenvalue weighted by molar-refractivity contribution is 0.147. The van der Waals surface area contributed by atoms with Crippen LogP contribution in [-0.2, 0) is 11.3 Å². The summed E-state index contributed by atoms with van der Waals surface area (Å²) in [5, 5.41) is 0. The van der Waals surface area contributed by atoms with Crippen molar-refractivity contribution >= 4 is 17.2 Å². The van der Waals surface area contributed by atoms with E-state index in [2.05, 4.69) is 4.90 Å². The molecule has 0 saturated carbocycles. The standard InChI is InChI=1S/C13H19FN2OS/c1-3-16(7-8-17-2)9-10-5-4-6-11(12(10)14)13(15)18/h4-6H,3,7-9H2,1-2H3,(H2,15,18). The van der Waals surface area contributed by atoms with Gasteiger partial charge in [0.2, 0.25) is 0 Å². The van der Waals surface area contributed by atoms with E-state index in [4.69, 9.17) is 22.7 Å². The van der Waals surface area contributed by atoms with Gasteiger partial charge in [-0.1, -0.05) is 31.3 Å². The quantitative estimate of drug-likeness (QED) is 0.768. The minimum Gasteiger partial charge on any atom is -0.389 e. The summed E-state index contributed by atoms with van der Waals surface area (Å²) >= 11 is 4.83. The summed E-state index contributed by atoms with van der Waals surface area (Å²) in [6, 6.07) is 5.14. The minimum atomic E-state index is -0.319. The van der Waals surface area contributed by atoms with E-state index < -0.39 is 0 Å². The second kappa shape index (κ2) is 7.41. The Kier molecular flexibility index (Phi) is 6.18. The Balaban J connectivity index is 2.83. The summed E-state index contributed by atoms with van der Waals surface area (Å²) in [4.78, 5) is 2.19. The fourth-order valence-electron chi connectivity index (χ4n) is 1.70. The zero-order valence-corrected chi connectivity index (χ0v) is 11.6. The Morgan fingerprint density at radius 1 is 1.50 bits per heavy atom. The summed E-state index contributed by atoms with van der Waals surface area (Å²) in [6.45, 7) is 4.79. The highest BCUT2D eigenvalue weighted by Crippen LogP contribution is 2.15. The van der Waals surface area contributed by atoms with Crippen molar-refractivity contribution < 1.29 is 9.13 Å². The van der Waals surface area contributed by atoms with Gasteiger partial charge >= 0.3 is 0 Å². The van der Waals surface area contributed by atoms with E-state index >= 15 is 0 Å². The number of nitrogens with two attached hydrogens (primary N) is 1. The van der Waals surface area contributed by atoms with Crippen molar-refractivity contribution in [2.24, 2.45) is 5.73 Å². The molecule has 18 heavy (non-hydrogen) atoms. The number of hydrogen-bond donors (Lipinski definition) is 1. The fourth-order valence-corrected chi connectivity index (χ4v) is 1.86. The molecule has 0 amide bonds. The number of likely N-dealkylation sites (N-methyl/N-ethyl adjacent to an activating group) is 1. The van der Waals surface area contributed by atoms with Gasteiger partial charge < -0.3 is 10.5 Å². The highest BCUT2D eigenvalue weighted by Gasteiger charge is 2.12. The van der Waals surface area contributed by atoms with Crippen LogP contribution in [0.3, 0.4) is 0 Å². The van der Waals surface area contributed by atoms with E-state index in [1.807, 2.05) is 6.92 Å². The van der Waals surface area contributed by atoms with Crippen LogP contribution >= 0.6 is 12.2 Å². The molecule has 0 spiro atoms. The van der Waals surface area contributed by atoms with Gasteiger partial charge in [0.1, 0.15) is 10.8 Å². The average molecular weight is 270 g/mol. The van der Waals surface area contributed by atoms with Crippen LogP contribution in [-0.4, -0.2) is 36.7 Å². The molecule has 2 N–H and O–H groups in total. The zero-order valence-electron chi connectivity index (χ0n) is 10.8.